The largest absolute Gasteiger partial charge is 0.416 e. The number of carbonyl (C=O) groups is 1. The molecule has 1 aliphatic carbocycles. The van der Waals surface area contributed by atoms with Crippen LogP contribution in [-0.2, 0) is 15.7 Å². The molecule has 2 heterocycles. The van der Waals surface area contributed by atoms with Crippen LogP contribution >= 0.6 is 0 Å². The SMILES string of the molecule is COCC(CCN1CCC2(CC1)CC2)N1CCN(c2cccc(C(F)(F)F)c2)C(C)C1=O. The lowest BCUT2D eigenvalue weighted by atomic mass is 9.93. The normalized spacial score (nSPS) is 24.8. The molecule has 2 aliphatic heterocycles. The average molecular weight is 454 g/mol. The van der Waals surface area contributed by atoms with Crippen LogP contribution in [-0.4, -0.2) is 74.2 Å². The van der Waals surface area contributed by atoms with Crippen molar-refractivity contribution in [3.05, 3.63) is 29.8 Å². The summed E-state index contributed by atoms with van der Waals surface area (Å²) in [7, 11) is 1.65. The number of alkyl halides is 3. The Balaban J connectivity index is 1.38. The minimum atomic E-state index is -4.40. The maximum absolute atomic E-state index is 13.2. The van der Waals surface area contributed by atoms with Gasteiger partial charge >= 0.3 is 6.18 Å². The first-order valence-corrected chi connectivity index (χ1v) is 11.7. The van der Waals surface area contributed by atoms with Crippen LogP contribution in [0.5, 0.6) is 0 Å². The first-order valence-electron chi connectivity index (χ1n) is 11.7. The molecule has 5 nitrogen and oxygen atoms in total. The predicted molar refractivity (Wildman–Crippen MR) is 118 cm³/mol. The first-order chi connectivity index (χ1) is 15.2. The van der Waals surface area contributed by atoms with E-state index < -0.39 is 17.8 Å². The molecule has 0 N–H and O–H groups in total. The van der Waals surface area contributed by atoms with Gasteiger partial charge in [-0.05, 0) is 75.7 Å². The van der Waals surface area contributed by atoms with E-state index >= 15 is 0 Å². The van der Waals surface area contributed by atoms with Gasteiger partial charge in [-0.2, -0.15) is 13.2 Å². The third-order valence-corrected chi connectivity index (χ3v) is 7.65. The summed E-state index contributed by atoms with van der Waals surface area (Å²) in [6.07, 6.45) is 1.79. The van der Waals surface area contributed by atoms with Gasteiger partial charge in [0.05, 0.1) is 18.2 Å². The van der Waals surface area contributed by atoms with Crippen LogP contribution in [0.3, 0.4) is 0 Å². The molecule has 178 valence electrons. The number of hydrogen-bond donors (Lipinski definition) is 0. The monoisotopic (exact) mass is 453 g/mol. The number of anilines is 1. The third-order valence-electron chi connectivity index (χ3n) is 7.65. The van der Waals surface area contributed by atoms with Gasteiger partial charge in [-0.3, -0.25) is 4.79 Å². The van der Waals surface area contributed by atoms with Crippen LogP contribution in [0.25, 0.3) is 0 Å². The number of amides is 1. The van der Waals surface area contributed by atoms with Crippen molar-refractivity contribution in [3.8, 4) is 0 Å². The highest BCUT2D eigenvalue weighted by Crippen LogP contribution is 2.53. The van der Waals surface area contributed by atoms with Crippen molar-refractivity contribution in [2.75, 3.05) is 51.3 Å². The number of nitrogens with zero attached hydrogens (tertiary/aromatic N) is 3. The number of benzene rings is 1. The highest BCUT2D eigenvalue weighted by Gasteiger charge is 2.44. The van der Waals surface area contributed by atoms with Crippen molar-refractivity contribution in [1.82, 2.24) is 9.80 Å². The summed E-state index contributed by atoms with van der Waals surface area (Å²) >= 11 is 0. The van der Waals surface area contributed by atoms with Gasteiger partial charge in [0.2, 0.25) is 5.91 Å². The maximum atomic E-state index is 13.2. The lowest BCUT2D eigenvalue weighted by Crippen LogP contribution is -2.60. The number of halogens is 3. The van der Waals surface area contributed by atoms with Crippen LogP contribution in [0.4, 0.5) is 18.9 Å². The molecule has 0 bridgehead atoms. The molecular formula is C24H34F3N3O2. The van der Waals surface area contributed by atoms with Gasteiger partial charge in [-0.15, -0.1) is 0 Å². The van der Waals surface area contributed by atoms with E-state index in [1.807, 2.05) is 4.90 Å². The molecule has 3 fully saturated rings. The van der Waals surface area contributed by atoms with E-state index in [1.165, 1.54) is 31.7 Å². The molecular weight excluding hydrogens is 419 g/mol. The summed E-state index contributed by atoms with van der Waals surface area (Å²) in [6.45, 7) is 6.44. The molecule has 8 heteroatoms. The summed E-state index contributed by atoms with van der Waals surface area (Å²) in [6, 6.07) is 4.71. The Morgan fingerprint density at radius 3 is 2.47 bits per heavy atom. The molecule has 4 rings (SSSR count). The zero-order valence-electron chi connectivity index (χ0n) is 19.0. The summed E-state index contributed by atoms with van der Waals surface area (Å²) < 4.78 is 44.8. The van der Waals surface area contributed by atoms with Gasteiger partial charge in [0, 0.05) is 32.4 Å². The number of piperazine rings is 1. The van der Waals surface area contributed by atoms with E-state index in [2.05, 4.69) is 4.90 Å². The van der Waals surface area contributed by atoms with E-state index in [9.17, 15) is 18.0 Å². The van der Waals surface area contributed by atoms with Crippen molar-refractivity contribution in [3.63, 3.8) is 0 Å². The van der Waals surface area contributed by atoms with Crippen LogP contribution in [0.15, 0.2) is 24.3 Å². The summed E-state index contributed by atoms with van der Waals surface area (Å²) in [4.78, 5) is 19.4. The fourth-order valence-corrected chi connectivity index (χ4v) is 5.25. The van der Waals surface area contributed by atoms with E-state index in [0.717, 1.165) is 38.2 Å². The van der Waals surface area contributed by atoms with Gasteiger partial charge < -0.3 is 19.4 Å². The minimum Gasteiger partial charge on any atom is -0.383 e. The molecule has 1 spiro atoms. The van der Waals surface area contributed by atoms with Crippen LogP contribution in [0.2, 0.25) is 0 Å². The van der Waals surface area contributed by atoms with Crippen molar-refractivity contribution in [2.45, 2.75) is 57.3 Å². The third kappa shape index (κ3) is 5.06. The van der Waals surface area contributed by atoms with Crippen molar-refractivity contribution >= 4 is 11.6 Å². The molecule has 3 aliphatic rings. The van der Waals surface area contributed by atoms with Crippen LogP contribution < -0.4 is 4.90 Å². The molecule has 1 aromatic rings. The van der Waals surface area contributed by atoms with Gasteiger partial charge in [0.1, 0.15) is 6.04 Å². The molecule has 2 atom stereocenters. The summed E-state index contributed by atoms with van der Waals surface area (Å²) in [5.74, 6) is -0.0497. The van der Waals surface area contributed by atoms with E-state index in [1.54, 1.807) is 25.0 Å². The molecule has 2 unspecified atom stereocenters. The Hall–Kier alpha value is -1.80. The molecule has 0 aromatic heterocycles. The Bertz CT molecular complexity index is 802. The number of likely N-dealkylation sites (tertiary alicyclic amines) is 1. The topological polar surface area (TPSA) is 36.0 Å². The molecule has 1 amide bonds. The number of piperidine rings is 1. The number of carbonyl (C=O) groups excluding carboxylic acids is 1. The van der Waals surface area contributed by atoms with Gasteiger partial charge in [-0.25, -0.2) is 0 Å². The lowest BCUT2D eigenvalue weighted by molar-refractivity contribution is -0.138. The number of hydrogen-bond acceptors (Lipinski definition) is 4. The Kier molecular flexibility index (Phi) is 6.73. The van der Waals surface area contributed by atoms with Crippen LogP contribution in [0, 0.1) is 5.41 Å². The van der Waals surface area contributed by atoms with Gasteiger partial charge in [0.15, 0.2) is 0 Å². The Labute approximate surface area is 188 Å². The second kappa shape index (κ2) is 9.21. The zero-order chi connectivity index (χ0) is 22.9. The van der Waals surface area contributed by atoms with Gasteiger partial charge in [0.25, 0.3) is 0 Å². The number of methoxy groups -OCH3 is 1. The van der Waals surface area contributed by atoms with Gasteiger partial charge in [-0.1, -0.05) is 6.07 Å². The molecule has 2 saturated heterocycles. The fourth-order valence-electron chi connectivity index (χ4n) is 5.25. The number of rotatable bonds is 7. The van der Waals surface area contributed by atoms with Crippen molar-refractivity contribution in [1.29, 1.82) is 0 Å². The average Bonchev–Trinajstić information content (AvgIpc) is 3.53. The minimum absolute atomic E-state index is 0.0181. The Morgan fingerprint density at radius 1 is 1.12 bits per heavy atom. The van der Waals surface area contributed by atoms with E-state index in [4.69, 9.17) is 4.74 Å². The predicted octanol–water partition coefficient (Wildman–Crippen LogP) is 4.02. The quantitative estimate of drug-likeness (QED) is 0.625. The molecule has 1 saturated carbocycles. The second-order valence-corrected chi connectivity index (χ2v) is 9.69. The van der Waals surface area contributed by atoms with E-state index in [-0.39, 0.29) is 11.9 Å². The summed E-state index contributed by atoms with van der Waals surface area (Å²) in [5, 5.41) is 0. The highest BCUT2D eigenvalue weighted by atomic mass is 19.4. The zero-order valence-corrected chi connectivity index (χ0v) is 19.0. The summed E-state index contributed by atoms with van der Waals surface area (Å²) in [5.41, 5.74) is 0.392. The first kappa shape index (κ1) is 23.4. The van der Waals surface area contributed by atoms with Crippen LogP contribution in [0.1, 0.15) is 44.6 Å². The molecule has 1 aromatic carbocycles. The lowest BCUT2D eigenvalue weighted by Gasteiger charge is -2.44. The standard InChI is InChI=1S/C24H34F3N3O2/c1-18-22(31)30(15-14-29(18)20-5-3-4-19(16-20)24(25,26)27)21(17-32-2)6-11-28-12-9-23(7-8-23)10-13-28/h3-5,16,18,21H,6-15,17H2,1-2H3. The smallest absolute Gasteiger partial charge is 0.383 e. The second-order valence-electron chi connectivity index (χ2n) is 9.69. The highest BCUT2D eigenvalue weighted by molar-refractivity contribution is 5.86. The van der Waals surface area contributed by atoms with E-state index in [0.29, 0.717) is 30.8 Å². The number of ether oxygens (including phenoxy) is 1. The molecule has 0 radical (unpaired) electrons. The Morgan fingerprint density at radius 2 is 1.84 bits per heavy atom. The fraction of sp³-hybridized carbons (Fsp3) is 0.708. The maximum Gasteiger partial charge on any atom is 0.416 e. The van der Waals surface area contributed by atoms with Crippen molar-refractivity contribution in [2.24, 2.45) is 5.41 Å². The van der Waals surface area contributed by atoms with Crippen molar-refractivity contribution < 1.29 is 22.7 Å². The molecule has 32 heavy (non-hydrogen) atoms.